The first-order chi connectivity index (χ1) is 7.56. The van der Waals surface area contributed by atoms with Crippen LogP contribution in [0.4, 0.5) is 0 Å². The molecule has 2 unspecified atom stereocenters. The zero-order valence-electron chi connectivity index (χ0n) is 9.74. The lowest BCUT2D eigenvalue weighted by molar-refractivity contribution is -0.144. The van der Waals surface area contributed by atoms with Gasteiger partial charge in [-0.25, -0.2) is 0 Å². The van der Waals surface area contributed by atoms with E-state index in [4.69, 9.17) is 11.6 Å². The third kappa shape index (κ3) is 3.37. The van der Waals surface area contributed by atoms with Gasteiger partial charge in [0.1, 0.15) is 5.38 Å². The number of piperidine rings is 1. The van der Waals surface area contributed by atoms with E-state index in [2.05, 4.69) is 4.74 Å². The minimum atomic E-state index is -0.529. The second-order valence-electron chi connectivity index (χ2n) is 4.08. The number of hydrogen-bond acceptors (Lipinski definition) is 3. The summed E-state index contributed by atoms with van der Waals surface area (Å²) in [7, 11) is 1.36. The molecule has 0 aromatic carbocycles. The average molecular weight is 248 g/mol. The molecule has 92 valence electrons. The van der Waals surface area contributed by atoms with Gasteiger partial charge in [-0.15, -0.1) is 11.6 Å². The van der Waals surface area contributed by atoms with Gasteiger partial charge < -0.3 is 9.64 Å². The van der Waals surface area contributed by atoms with Crippen LogP contribution in [0.5, 0.6) is 0 Å². The number of amides is 1. The van der Waals surface area contributed by atoms with Crippen LogP contribution in [0.2, 0.25) is 0 Å². The zero-order valence-corrected chi connectivity index (χ0v) is 10.5. The van der Waals surface area contributed by atoms with E-state index in [0.717, 1.165) is 19.3 Å². The molecule has 16 heavy (non-hydrogen) atoms. The maximum Gasteiger partial charge on any atom is 0.307 e. The molecular weight excluding hydrogens is 230 g/mol. The number of ether oxygens (including phenoxy) is 1. The highest BCUT2D eigenvalue weighted by Gasteiger charge is 2.30. The van der Waals surface area contributed by atoms with Crippen molar-refractivity contribution in [1.82, 2.24) is 4.90 Å². The van der Waals surface area contributed by atoms with Crippen LogP contribution in [0.15, 0.2) is 0 Å². The van der Waals surface area contributed by atoms with Gasteiger partial charge in [-0.3, -0.25) is 9.59 Å². The highest BCUT2D eigenvalue weighted by atomic mass is 35.5. The lowest BCUT2D eigenvalue weighted by atomic mass is 9.99. The number of likely N-dealkylation sites (tertiary alicyclic amines) is 1. The quantitative estimate of drug-likeness (QED) is 0.562. The molecule has 0 radical (unpaired) electrons. The second-order valence-corrected chi connectivity index (χ2v) is 4.73. The predicted octanol–water partition coefficient (Wildman–Crippen LogP) is 1.56. The van der Waals surface area contributed by atoms with Gasteiger partial charge >= 0.3 is 5.97 Å². The summed E-state index contributed by atoms with van der Waals surface area (Å²) < 4.78 is 4.63. The summed E-state index contributed by atoms with van der Waals surface area (Å²) >= 11 is 5.79. The number of methoxy groups -OCH3 is 1. The van der Waals surface area contributed by atoms with Crippen LogP contribution in [0.3, 0.4) is 0 Å². The Labute approximate surface area is 101 Å². The second kappa shape index (κ2) is 6.09. The van der Waals surface area contributed by atoms with Crippen LogP contribution in [0.1, 0.15) is 32.6 Å². The molecule has 0 aliphatic carbocycles. The van der Waals surface area contributed by atoms with Crippen molar-refractivity contribution in [2.45, 2.75) is 44.0 Å². The zero-order chi connectivity index (χ0) is 12.1. The van der Waals surface area contributed by atoms with Crippen molar-refractivity contribution < 1.29 is 14.3 Å². The first-order valence-corrected chi connectivity index (χ1v) is 6.01. The van der Waals surface area contributed by atoms with Gasteiger partial charge in [0.25, 0.3) is 0 Å². The van der Waals surface area contributed by atoms with E-state index in [-0.39, 0.29) is 24.3 Å². The van der Waals surface area contributed by atoms with Gasteiger partial charge in [0.15, 0.2) is 0 Å². The summed E-state index contributed by atoms with van der Waals surface area (Å²) in [5.74, 6) is -0.359. The van der Waals surface area contributed by atoms with Crippen molar-refractivity contribution in [1.29, 1.82) is 0 Å². The molecule has 1 aliphatic heterocycles. The maximum atomic E-state index is 11.8. The molecule has 0 saturated carbocycles. The van der Waals surface area contributed by atoms with Crippen molar-refractivity contribution in [2.24, 2.45) is 0 Å². The molecule has 1 rings (SSSR count). The number of nitrogens with zero attached hydrogens (tertiary/aromatic N) is 1. The van der Waals surface area contributed by atoms with E-state index >= 15 is 0 Å². The third-order valence-corrected chi connectivity index (χ3v) is 3.07. The topological polar surface area (TPSA) is 46.6 Å². The van der Waals surface area contributed by atoms with Crippen molar-refractivity contribution in [3.05, 3.63) is 0 Å². The van der Waals surface area contributed by atoms with Crippen LogP contribution >= 0.6 is 11.6 Å². The molecule has 1 heterocycles. The van der Waals surface area contributed by atoms with Crippen molar-refractivity contribution in [3.8, 4) is 0 Å². The molecule has 1 aliphatic rings. The van der Waals surface area contributed by atoms with Gasteiger partial charge in [0, 0.05) is 12.6 Å². The Bertz CT molecular complexity index is 268. The van der Waals surface area contributed by atoms with Crippen LogP contribution < -0.4 is 0 Å². The molecule has 0 spiro atoms. The Balaban J connectivity index is 2.63. The Morgan fingerprint density at radius 3 is 2.75 bits per heavy atom. The van der Waals surface area contributed by atoms with Crippen molar-refractivity contribution in [3.63, 3.8) is 0 Å². The lowest BCUT2D eigenvalue weighted by Crippen LogP contribution is -2.47. The monoisotopic (exact) mass is 247 g/mol. The predicted molar refractivity (Wildman–Crippen MR) is 61.3 cm³/mol. The number of rotatable bonds is 3. The van der Waals surface area contributed by atoms with E-state index in [1.165, 1.54) is 7.11 Å². The molecule has 4 nitrogen and oxygen atoms in total. The van der Waals surface area contributed by atoms with Gasteiger partial charge in [-0.1, -0.05) is 0 Å². The Morgan fingerprint density at radius 2 is 2.19 bits per heavy atom. The van der Waals surface area contributed by atoms with Gasteiger partial charge in [-0.2, -0.15) is 0 Å². The van der Waals surface area contributed by atoms with Crippen molar-refractivity contribution >= 4 is 23.5 Å². The summed E-state index contributed by atoms with van der Waals surface area (Å²) in [6, 6.07) is -0.0464. The van der Waals surface area contributed by atoms with E-state index in [0.29, 0.717) is 6.54 Å². The third-order valence-electron chi connectivity index (χ3n) is 2.88. The molecule has 0 bridgehead atoms. The number of carbonyl (C=O) groups excluding carboxylic acids is 2. The number of halogens is 1. The highest BCUT2D eigenvalue weighted by molar-refractivity contribution is 6.30. The Kier molecular flexibility index (Phi) is 5.06. The fraction of sp³-hybridized carbons (Fsp3) is 0.818. The Hall–Kier alpha value is -0.770. The minimum absolute atomic E-state index is 0.0464. The molecule has 0 aromatic rings. The van der Waals surface area contributed by atoms with E-state index in [1.54, 1.807) is 11.8 Å². The van der Waals surface area contributed by atoms with Crippen LogP contribution in [0.25, 0.3) is 0 Å². The van der Waals surface area contributed by atoms with Gasteiger partial charge in [0.05, 0.1) is 13.5 Å². The molecule has 5 heteroatoms. The highest BCUT2D eigenvalue weighted by Crippen LogP contribution is 2.21. The molecule has 1 saturated heterocycles. The van der Waals surface area contributed by atoms with E-state index in [9.17, 15) is 9.59 Å². The van der Waals surface area contributed by atoms with Crippen LogP contribution in [-0.4, -0.2) is 41.8 Å². The molecule has 2 atom stereocenters. The molecule has 1 amide bonds. The summed E-state index contributed by atoms with van der Waals surface area (Å²) in [6.45, 7) is 2.35. The van der Waals surface area contributed by atoms with Crippen LogP contribution in [-0.2, 0) is 14.3 Å². The number of esters is 1. The summed E-state index contributed by atoms with van der Waals surface area (Å²) in [6.07, 6.45) is 3.14. The van der Waals surface area contributed by atoms with Gasteiger partial charge in [-0.05, 0) is 26.2 Å². The standard InChI is InChI=1S/C11H18ClNO3/c1-8(12)11(15)13-6-4-3-5-9(13)7-10(14)16-2/h8-9H,3-7H2,1-2H3. The fourth-order valence-electron chi connectivity index (χ4n) is 2.01. The van der Waals surface area contributed by atoms with Gasteiger partial charge in [0.2, 0.25) is 5.91 Å². The first kappa shape index (κ1) is 13.3. The van der Waals surface area contributed by atoms with Crippen molar-refractivity contribution in [2.75, 3.05) is 13.7 Å². The molecular formula is C11H18ClNO3. The average Bonchev–Trinajstić information content (AvgIpc) is 2.28. The van der Waals surface area contributed by atoms with Crippen LogP contribution in [0, 0.1) is 0 Å². The number of carbonyl (C=O) groups is 2. The molecule has 0 aromatic heterocycles. The fourth-order valence-corrected chi connectivity index (χ4v) is 2.13. The maximum absolute atomic E-state index is 11.8. The smallest absolute Gasteiger partial charge is 0.307 e. The largest absolute Gasteiger partial charge is 0.469 e. The normalized spacial score (nSPS) is 22.7. The van der Waals surface area contributed by atoms with E-state index < -0.39 is 5.38 Å². The summed E-state index contributed by atoms with van der Waals surface area (Å²) in [5.41, 5.74) is 0. The Morgan fingerprint density at radius 1 is 1.50 bits per heavy atom. The molecule has 1 fully saturated rings. The first-order valence-electron chi connectivity index (χ1n) is 5.57. The summed E-state index contributed by atoms with van der Waals surface area (Å²) in [5, 5.41) is -0.529. The minimum Gasteiger partial charge on any atom is -0.469 e. The number of hydrogen-bond donors (Lipinski definition) is 0. The summed E-state index contributed by atoms with van der Waals surface area (Å²) in [4.78, 5) is 24.8. The molecule has 0 N–H and O–H groups in total. The SMILES string of the molecule is COC(=O)CC1CCCCN1C(=O)C(C)Cl. The van der Waals surface area contributed by atoms with E-state index in [1.807, 2.05) is 0 Å². The lowest BCUT2D eigenvalue weighted by Gasteiger charge is -2.35. The number of alkyl halides is 1.